The van der Waals surface area contributed by atoms with Crippen LogP contribution in [0, 0.1) is 6.92 Å². The number of benzene rings is 1. The van der Waals surface area contributed by atoms with Crippen molar-refractivity contribution in [2.24, 2.45) is 0 Å². The maximum atomic E-state index is 12.3. The fourth-order valence-electron chi connectivity index (χ4n) is 2.94. The van der Waals surface area contributed by atoms with Gasteiger partial charge in [0.2, 0.25) is 0 Å². The minimum absolute atomic E-state index is 0.161. The molecule has 138 valence electrons. The highest BCUT2D eigenvalue weighted by Gasteiger charge is 2.23. The number of nitrogens with one attached hydrogen (secondary N) is 2. The summed E-state index contributed by atoms with van der Waals surface area (Å²) < 4.78 is 5.74. The van der Waals surface area contributed by atoms with Crippen LogP contribution in [0.5, 0.6) is 0 Å². The molecule has 1 aliphatic rings. The van der Waals surface area contributed by atoms with Gasteiger partial charge in [0.25, 0.3) is 5.91 Å². The fraction of sp³-hybridized carbons (Fsp3) is 0.368. The Kier molecular flexibility index (Phi) is 5.64. The lowest BCUT2D eigenvalue weighted by Gasteiger charge is -2.36. The number of hydrazine groups is 1. The molecule has 2 atom stereocenters. The van der Waals surface area contributed by atoms with Gasteiger partial charge in [-0.3, -0.25) is 15.6 Å². The third-order valence-corrected chi connectivity index (χ3v) is 4.65. The maximum Gasteiger partial charge on any atom is 0.271 e. The number of aryl methyl sites for hydroxylation is 1. The van der Waals surface area contributed by atoms with Crippen molar-refractivity contribution in [3.05, 3.63) is 52.7 Å². The van der Waals surface area contributed by atoms with Crippen LogP contribution < -0.4 is 15.8 Å². The Hall–Kier alpha value is -2.31. The summed E-state index contributed by atoms with van der Waals surface area (Å²) in [6, 6.07) is 9.13. The molecule has 2 N–H and O–H groups in total. The average Bonchev–Trinajstić information content (AvgIpc) is 2.62. The van der Waals surface area contributed by atoms with Gasteiger partial charge < -0.3 is 9.64 Å². The monoisotopic (exact) mass is 374 g/mol. The number of rotatable bonds is 4. The van der Waals surface area contributed by atoms with Gasteiger partial charge in [-0.1, -0.05) is 17.7 Å². The van der Waals surface area contributed by atoms with Crippen LogP contribution in [0.1, 0.15) is 29.8 Å². The molecule has 1 amide bonds. The lowest BCUT2D eigenvalue weighted by Crippen LogP contribution is -2.45. The van der Waals surface area contributed by atoms with E-state index in [0.717, 1.165) is 30.2 Å². The Labute approximate surface area is 158 Å². The lowest BCUT2D eigenvalue weighted by molar-refractivity contribution is -0.00546. The third kappa shape index (κ3) is 4.45. The SMILES string of the molecule is Cc1ccc(NNC(=O)c2ccc(N3CC(C)OC(C)C3)nc2)cc1Cl. The van der Waals surface area contributed by atoms with E-state index in [-0.39, 0.29) is 18.1 Å². The summed E-state index contributed by atoms with van der Waals surface area (Å²) in [6.45, 7) is 7.60. The number of carbonyl (C=O) groups is 1. The van der Waals surface area contributed by atoms with E-state index in [4.69, 9.17) is 16.3 Å². The molecular weight excluding hydrogens is 352 g/mol. The first-order valence-electron chi connectivity index (χ1n) is 8.61. The first-order valence-corrected chi connectivity index (χ1v) is 8.99. The number of pyridine rings is 1. The summed E-state index contributed by atoms with van der Waals surface area (Å²) >= 11 is 6.08. The normalized spacial score (nSPS) is 19.9. The van der Waals surface area contributed by atoms with Crippen LogP contribution in [0.4, 0.5) is 11.5 Å². The van der Waals surface area contributed by atoms with Crippen molar-refractivity contribution >= 4 is 29.0 Å². The summed E-state index contributed by atoms with van der Waals surface area (Å²) in [7, 11) is 0. The van der Waals surface area contributed by atoms with Gasteiger partial charge in [0.15, 0.2) is 0 Å². The quantitative estimate of drug-likeness (QED) is 0.803. The largest absolute Gasteiger partial charge is 0.372 e. The molecule has 0 bridgehead atoms. The summed E-state index contributed by atoms with van der Waals surface area (Å²) in [4.78, 5) is 18.9. The van der Waals surface area contributed by atoms with Crippen LogP contribution >= 0.6 is 11.6 Å². The van der Waals surface area contributed by atoms with Crippen LogP contribution in [-0.4, -0.2) is 36.2 Å². The van der Waals surface area contributed by atoms with Gasteiger partial charge in [-0.05, 0) is 50.6 Å². The second-order valence-electron chi connectivity index (χ2n) is 6.61. The number of hydrogen-bond donors (Lipinski definition) is 2. The zero-order valence-electron chi connectivity index (χ0n) is 15.1. The Bertz CT molecular complexity index is 772. The number of ether oxygens (including phenoxy) is 1. The highest BCUT2D eigenvalue weighted by Crippen LogP contribution is 2.20. The number of carbonyl (C=O) groups excluding carboxylic acids is 1. The van der Waals surface area contributed by atoms with E-state index in [9.17, 15) is 4.79 Å². The number of nitrogens with zero attached hydrogens (tertiary/aromatic N) is 2. The van der Waals surface area contributed by atoms with Gasteiger partial charge in [0, 0.05) is 24.3 Å². The number of halogens is 1. The van der Waals surface area contributed by atoms with E-state index >= 15 is 0 Å². The first kappa shape index (κ1) is 18.5. The van der Waals surface area contributed by atoms with Crippen molar-refractivity contribution in [1.82, 2.24) is 10.4 Å². The van der Waals surface area contributed by atoms with Gasteiger partial charge in [-0.25, -0.2) is 4.98 Å². The van der Waals surface area contributed by atoms with E-state index < -0.39 is 0 Å². The molecule has 0 radical (unpaired) electrons. The first-order chi connectivity index (χ1) is 12.4. The van der Waals surface area contributed by atoms with E-state index in [1.807, 2.05) is 39.0 Å². The van der Waals surface area contributed by atoms with Gasteiger partial charge >= 0.3 is 0 Å². The van der Waals surface area contributed by atoms with Crippen LogP contribution in [0.25, 0.3) is 0 Å². The van der Waals surface area contributed by atoms with E-state index in [2.05, 4.69) is 20.7 Å². The Morgan fingerprint density at radius 3 is 2.58 bits per heavy atom. The molecule has 1 fully saturated rings. The number of amides is 1. The highest BCUT2D eigenvalue weighted by molar-refractivity contribution is 6.31. The molecule has 1 aromatic heterocycles. The molecule has 1 aromatic carbocycles. The number of morpholine rings is 1. The molecule has 26 heavy (non-hydrogen) atoms. The van der Waals surface area contributed by atoms with E-state index in [0.29, 0.717) is 10.6 Å². The topological polar surface area (TPSA) is 66.5 Å². The standard InChI is InChI=1S/C19H23ClN4O2/c1-12-4-6-16(8-17(12)20)22-23-19(25)15-5-7-18(21-9-15)24-10-13(2)26-14(3)11-24/h4-9,13-14,22H,10-11H2,1-3H3,(H,23,25). The molecule has 0 saturated carbocycles. The lowest BCUT2D eigenvalue weighted by atomic mass is 10.2. The summed E-state index contributed by atoms with van der Waals surface area (Å²) in [5, 5.41) is 0.643. The van der Waals surface area contributed by atoms with Crippen molar-refractivity contribution in [2.75, 3.05) is 23.4 Å². The summed E-state index contributed by atoms with van der Waals surface area (Å²) in [5.74, 6) is 0.589. The predicted octanol–water partition coefficient (Wildman–Crippen LogP) is 3.41. The van der Waals surface area contributed by atoms with Gasteiger partial charge in [0.05, 0.1) is 23.5 Å². The number of aromatic nitrogens is 1. The molecular formula is C19H23ClN4O2. The smallest absolute Gasteiger partial charge is 0.271 e. The zero-order chi connectivity index (χ0) is 18.7. The van der Waals surface area contributed by atoms with Crippen molar-refractivity contribution in [3.63, 3.8) is 0 Å². The molecule has 2 unspecified atom stereocenters. The highest BCUT2D eigenvalue weighted by atomic mass is 35.5. The van der Waals surface area contributed by atoms with Crippen molar-refractivity contribution < 1.29 is 9.53 Å². The number of anilines is 2. The maximum absolute atomic E-state index is 12.3. The van der Waals surface area contributed by atoms with Crippen LogP contribution in [0.2, 0.25) is 5.02 Å². The molecule has 7 heteroatoms. The van der Waals surface area contributed by atoms with Crippen molar-refractivity contribution in [2.45, 2.75) is 33.0 Å². The van der Waals surface area contributed by atoms with Crippen LogP contribution in [-0.2, 0) is 4.74 Å². The molecule has 0 aliphatic carbocycles. The minimum Gasteiger partial charge on any atom is -0.372 e. The molecule has 2 heterocycles. The van der Waals surface area contributed by atoms with E-state index in [1.54, 1.807) is 18.3 Å². The van der Waals surface area contributed by atoms with Crippen LogP contribution in [0.15, 0.2) is 36.5 Å². The Balaban J connectivity index is 1.60. The number of hydrogen-bond acceptors (Lipinski definition) is 5. The molecule has 2 aromatic rings. The van der Waals surface area contributed by atoms with Gasteiger partial charge in [0.1, 0.15) is 5.82 Å². The molecule has 6 nitrogen and oxygen atoms in total. The van der Waals surface area contributed by atoms with Crippen molar-refractivity contribution in [1.29, 1.82) is 0 Å². The second-order valence-corrected chi connectivity index (χ2v) is 7.02. The van der Waals surface area contributed by atoms with E-state index in [1.165, 1.54) is 0 Å². The van der Waals surface area contributed by atoms with Crippen molar-refractivity contribution in [3.8, 4) is 0 Å². The second kappa shape index (κ2) is 7.93. The Morgan fingerprint density at radius 1 is 1.23 bits per heavy atom. The third-order valence-electron chi connectivity index (χ3n) is 4.25. The van der Waals surface area contributed by atoms with Crippen LogP contribution in [0.3, 0.4) is 0 Å². The molecule has 3 rings (SSSR count). The Morgan fingerprint density at radius 2 is 1.96 bits per heavy atom. The predicted molar refractivity (Wildman–Crippen MR) is 104 cm³/mol. The zero-order valence-corrected chi connectivity index (χ0v) is 15.9. The minimum atomic E-state index is -0.260. The average molecular weight is 375 g/mol. The summed E-state index contributed by atoms with van der Waals surface area (Å²) in [6.07, 6.45) is 1.90. The molecule has 1 saturated heterocycles. The molecule has 0 spiro atoms. The van der Waals surface area contributed by atoms with Gasteiger partial charge in [-0.15, -0.1) is 0 Å². The fourth-order valence-corrected chi connectivity index (χ4v) is 3.12. The molecule has 1 aliphatic heterocycles. The van der Waals surface area contributed by atoms with Gasteiger partial charge in [-0.2, -0.15) is 0 Å². The summed E-state index contributed by atoms with van der Waals surface area (Å²) in [5.41, 5.74) is 7.70.